The van der Waals surface area contributed by atoms with Gasteiger partial charge in [-0.1, -0.05) is 24.3 Å². The van der Waals surface area contributed by atoms with Gasteiger partial charge in [0.05, 0.1) is 6.10 Å². The van der Waals surface area contributed by atoms with Gasteiger partial charge in [0, 0.05) is 44.6 Å². The summed E-state index contributed by atoms with van der Waals surface area (Å²) < 4.78 is 0. The van der Waals surface area contributed by atoms with E-state index in [1.54, 1.807) is 12.4 Å². The van der Waals surface area contributed by atoms with Gasteiger partial charge in [-0.15, -0.1) is 0 Å². The molecule has 0 bridgehead atoms. The third-order valence-corrected chi connectivity index (χ3v) is 5.00. The van der Waals surface area contributed by atoms with Crippen LogP contribution in [-0.2, 0) is 6.42 Å². The van der Waals surface area contributed by atoms with Gasteiger partial charge in [0.2, 0.25) is 5.95 Å². The molecule has 5 nitrogen and oxygen atoms in total. The van der Waals surface area contributed by atoms with E-state index in [9.17, 15) is 5.11 Å². The molecule has 0 spiro atoms. The summed E-state index contributed by atoms with van der Waals surface area (Å²) in [6, 6.07) is 10.3. The van der Waals surface area contributed by atoms with Gasteiger partial charge in [0.15, 0.2) is 0 Å². The minimum Gasteiger partial charge on any atom is -0.387 e. The lowest BCUT2D eigenvalue weighted by molar-refractivity contribution is 0.0647. The van der Waals surface area contributed by atoms with Crippen LogP contribution < -0.4 is 4.90 Å². The van der Waals surface area contributed by atoms with Crippen molar-refractivity contribution in [3.05, 3.63) is 53.9 Å². The van der Waals surface area contributed by atoms with Crippen LogP contribution in [0.4, 0.5) is 5.95 Å². The number of aliphatic hydroxyl groups is 1. The van der Waals surface area contributed by atoms with Crippen LogP contribution in [0.1, 0.15) is 23.7 Å². The Morgan fingerprint density at radius 2 is 1.78 bits per heavy atom. The second-order valence-electron chi connectivity index (χ2n) is 6.34. The monoisotopic (exact) mass is 310 g/mol. The van der Waals surface area contributed by atoms with Gasteiger partial charge in [0.25, 0.3) is 0 Å². The fourth-order valence-corrected chi connectivity index (χ4v) is 3.81. The van der Waals surface area contributed by atoms with Crippen molar-refractivity contribution in [2.75, 3.05) is 31.1 Å². The number of fused-ring (bicyclic) bond motifs is 1. The first-order chi connectivity index (χ1) is 11.3. The van der Waals surface area contributed by atoms with Crippen molar-refractivity contribution >= 4 is 5.95 Å². The number of benzene rings is 1. The average Bonchev–Trinajstić information content (AvgIpc) is 2.78. The predicted octanol–water partition coefficient (Wildman–Crippen LogP) is 1.65. The first kappa shape index (κ1) is 14.6. The second kappa shape index (κ2) is 6.26. The Hall–Kier alpha value is -1.98. The third kappa shape index (κ3) is 2.82. The van der Waals surface area contributed by atoms with E-state index in [2.05, 4.69) is 38.0 Å². The summed E-state index contributed by atoms with van der Waals surface area (Å²) in [6.45, 7) is 3.83. The molecule has 2 atom stereocenters. The van der Waals surface area contributed by atoms with Crippen molar-refractivity contribution in [2.24, 2.45) is 0 Å². The lowest BCUT2D eigenvalue weighted by atomic mass is 10.1. The van der Waals surface area contributed by atoms with Gasteiger partial charge < -0.3 is 10.0 Å². The van der Waals surface area contributed by atoms with Crippen LogP contribution in [-0.4, -0.2) is 52.2 Å². The summed E-state index contributed by atoms with van der Waals surface area (Å²) in [5.41, 5.74) is 2.39. The number of aliphatic hydroxyl groups excluding tert-OH is 1. The van der Waals surface area contributed by atoms with Crippen LogP contribution in [0.25, 0.3) is 0 Å². The van der Waals surface area contributed by atoms with Crippen LogP contribution in [0.3, 0.4) is 0 Å². The number of rotatable bonds is 2. The molecule has 23 heavy (non-hydrogen) atoms. The van der Waals surface area contributed by atoms with Crippen molar-refractivity contribution in [1.29, 1.82) is 0 Å². The van der Waals surface area contributed by atoms with Gasteiger partial charge in [-0.25, -0.2) is 9.97 Å². The van der Waals surface area contributed by atoms with E-state index in [1.807, 2.05) is 12.1 Å². The lowest BCUT2D eigenvalue weighted by Gasteiger charge is -2.30. The minimum atomic E-state index is -0.370. The second-order valence-corrected chi connectivity index (χ2v) is 6.34. The van der Waals surface area contributed by atoms with E-state index in [-0.39, 0.29) is 12.1 Å². The quantitative estimate of drug-likeness (QED) is 0.914. The van der Waals surface area contributed by atoms with Gasteiger partial charge >= 0.3 is 0 Å². The van der Waals surface area contributed by atoms with Gasteiger partial charge in [-0.2, -0.15) is 0 Å². The lowest BCUT2D eigenvalue weighted by Crippen LogP contribution is -2.41. The Morgan fingerprint density at radius 1 is 0.957 bits per heavy atom. The average molecular weight is 310 g/mol. The minimum absolute atomic E-state index is 0.198. The molecule has 5 heteroatoms. The van der Waals surface area contributed by atoms with Gasteiger partial charge in [-0.3, -0.25) is 4.90 Å². The summed E-state index contributed by atoms with van der Waals surface area (Å²) in [5, 5.41) is 10.7. The zero-order valence-electron chi connectivity index (χ0n) is 13.2. The van der Waals surface area contributed by atoms with E-state index >= 15 is 0 Å². The molecule has 0 amide bonds. The smallest absolute Gasteiger partial charge is 0.225 e. The SMILES string of the molecule is O[C@H]1c2ccccc2C[C@@H]1N1CCCN(c2ncccn2)CC1. The molecule has 120 valence electrons. The van der Waals surface area contributed by atoms with Crippen LogP contribution in [0.15, 0.2) is 42.7 Å². The molecule has 1 fully saturated rings. The highest BCUT2D eigenvalue weighted by atomic mass is 16.3. The molecular weight excluding hydrogens is 288 g/mol. The van der Waals surface area contributed by atoms with E-state index in [0.717, 1.165) is 50.5 Å². The van der Waals surface area contributed by atoms with Crippen molar-refractivity contribution in [1.82, 2.24) is 14.9 Å². The normalized spacial score (nSPS) is 25.2. The Labute approximate surface area is 136 Å². The van der Waals surface area contributed by atoms with E-state index in [0.29, 0.717) is 0 Å². The number of nitrogens with zero attached hydrogens (tertiary/aromatic N) is 4. The summed E-state index contributed by atoms with van der Waals surface area (Å²) in [6.07, 6.45) is 5.23. The highest BCUT2D eigenvalue weighted by Crippen LogP contribution is 2.34. The number of aromatic nitrogens is 2. The van der Waals surface area contributed by atoms with Crippen molar-refractivity contribution in [2.45, 2.75) is 25.0 Å². The Kier molecular flexibility index (Phi) is 3.97. The Balaban J connectivity index is 1.46. The maximum Gasteiger partial charge on any atom is 0.225 e. The standard InChI is InChI=1S/C18H22N4O/c23-17-15-6-2-1-5-14(15)13-16(17)21-9-4-10-22(12-11-21)18-19-7-3-8-20-18/h1-3,5-8,16-17,23H,4,9-13H2/t16-,17-/m0/s1. The Morgan fingerprint density at radius 3 is 2.61 bits per heavy atom. The molecule has 2 aromatic rings. The van der Waals surface area contributed by atoms with E-state index in [1.165, 1.54) is 5.56 Å². The predicted molar refractivity (Wildman–Crippen MR) is 89.3 cm³/mol. The van der Waals surface area contributed by atoms with Crippen LogP contribution in [0.5, 0.6) is 0 Å². The molecule has 1 N–H and O–H groups in total. The first-order valence-electron chi connectivity index (χ1n) is 8.35. The summed E-state index contributed by atoms with van der Waals surface area (Å²) in [7, 11) is 0. The third-order valence-electron chi connectivity index (χ3n) is 5.00. The number of hydrogen-bond acceptors (Lipinski definition) is 5. The summed E-state index contributed by atoms with van der Waals surface area (Å²) in [5.74, 6) is 0.810. The molecule has 0 radical (unpaired) electrons. The van der Waals surface area contributed by atoms with Gasteiger partial charge in [-0.05, 0) is 30.0 Å². The molecule has 1 aromatic carbocycles. The van der Waals surface area contributed by atoms with Crippen molar-refractivity contribution < 1.29 is 5.11 Å². The summed E-state index contributed by atoms with van der Waals surface area (Å²) >= 11 is 0. The molecule has 4 rings (SSSR count). The molecule has 0 saturated carbocycles. The topological polar surface area (TPSA) is 52.5 Å². The molecule has 1 saturated heterocycles. The highest BCUT2D eigenvalue weighted by Gasteiger charge is 2.35. The fraction of sp³-hybridized carbons (Fsp3) is 0.444. The zero-order chi connectivity index (χ0) is 15.6. The highest BCUT2D eigenvalue weighted by molar-refractivity contribution is 5.36. The summed E-state index contributed by atoms with van der Waals surface area (Å²) in [4.78, 5) is 13.4. The largest absolute Gasteiger partial charge is 0.387 e. The molecular formula is C18H22N4O. The van der Waals surface area contributed by atoms with Crippen molar-refractivity contribution in [3.63, 3.8) is 0 Å². The molecule has 2 aliphatic rings. The van der Waals surface area contributed by atoms with E-state index < -0.39 is 0 Å². The first-order valence-corrected chi connectivity index (χ1v) is 8.35. The number of anilines is 1. The molecule has 0 unspecified atom stereocenters. The van der Waals surface area contributed by atoms with Crippen molar-refractivity contribution in [3.8, 4) is 0 Å². The van der Waals surface area contributed by atoms with Crippen LogP contribution >= 0.6 is 0 Å². The van der Waals surface area contributed by atoms with Crippen LogP contribution in [0, 0.1) is 0 Å². The molecule has 1 aliphatic heterocycles. The molecule has 2 heterocycles. The Bertz CT molecular complexity index is 663. The van der Waals surface area contributed by atoms with Crippen LogP contribution in [0.2, 0.25) is 0 Å². The molecule has 1 aliphatic carbocycles. The maximum absolute atomic E-state index is 10.7. The van der Waals surface area contributed by atoms with Gasteiger partial charge in [0.1, 0.15) is 0 Å². The molecule has 1 aromatic heterocycles. The van der Waals surface area contributed by atoms with E-state index in [4.69, 9.17) is 0 Å². The zero-order valence-corrected chi connectivity index (χ0v) is 13.2. The fourth-order valence-electron chi connectivity index (χ4n) is 3.81. The number of hydrogen-bond donors (Lipinski definition) is 1. The maximum atomic E-state index is 10.7.